The SMILES string of the molecule is N#C/C(=C\c1ccccc1[N+](=O)[O-])c1nc(-c2ccccc2)cs1. The Morgan fingerprint density at radius 2 is 1.88 bits per heavy atom. The van der Waals surface area contributed by atoms with Crippen molar-refractivity contribution in [2.75, 3.05) is 0 Å². The Labute approximate surface area is 142 Å². The summed E-state index contributed by atoms with van der Waals surface area (Å²) in [6, 6.07) is 18.0. The Hall–Kier alpha value is -3.30. The number of rotatable bonds is 4. The summed E-state index contributed by atoms with van der Waals surface area (Å²) < 4.78 is 0. The molecule has 0 saturated carbocycles. The first-order chi connectivity index (χ1) is 11.7. The van der Waals surface area contributed by atoms with Crippen molar-refractivity contribution in [3.05, 3.63) is 80.7 Å². The standard InChI is InChI=1S/C18H11N3O2S/c19-11-15(10-14-8-4-5-9-17(14)21(22)23)18-20-16(12-24-18)13-6-2-1-3-7-13/h1-10,12H/b15-10+. The third-order valence-corrected chi connectivity index (χ3v) is 4.23. The van der Waals surface area contributed by atoms with Crippen molar-refractivity contribution in [2.45, 2.75) is 0 Å². The zero-order valence-corrected chi connectivity index (χ0v) is 13.2. The van der Waals surface area contributed by atoms with E-state index in [4.69, 9.17) is 0 Å². The number of nitro groups is 1. The zero-order valence-electron chi connectivity index (χ0n) is 12.4. The molecule has 2 aromatic carbocycles. The number of nitriles is 1. The van der Waals surface area contributed by atoms with E-state index < -0.39 is 4.92 Å². The van der Waals surface area contributed by atoms with Crippen LogP contribution >= 0.6 is 11.3 Å². The second kappa shape index (κ2) is 6.86. The van der Waals surface area contributed by atoms with Gasteiger partial charge in [0.15, 0.2) is 0 Å². The molecule has 0 aliphatic carbocycles. The Morgan fingerprint density at radius 3 is 2.58 bits per heavy atom. The van der Waals surface area contributed by atoms with Crippen LogP contribution in [0.15, 0.2) is 60.0 Å². The Balaban J connectivity index is 2.01. The van der Waals surface area contributed by atoms with Gasteiger partial charge in [-0.2, -0.15) is 5.26 Å². The maximum atomic E-state index is 11.1. The van der Waals surface area contributed by atoms with Crippen molar-refractivity contribution >= 4 is 28.7 Å². The number of hydrogen-bond acceptors (Lipinski definition) is 5. The lowest BCUT2D eigenvalue weighted by molar-refractivity contribution is -0.385. The van der Waals surface area contributed by atoms with Gasteiger partial charge in [-0.1, -0.05) is 42.5 Å². The highest BCUT2D eigenvalue weighted by Gasteiger charge is 2.14. The van der Waals surface area contributed by atoms with Gasteiger partial charge in [-0.25, -0.2) is 4.98 Å². The number of hydrogen-bond donors (Lipinski definition) is 0. The first-order valence-corrected chi connectivity index (χ1v) is 7.93. The number of para-hydroxylation sites is 1. The van der Waals surface area contributed by atoms with Crippen molar-refractivity contribution in [1.82, 2.24) is 4.98 Å². The maximum absolute atomic E-state index is 11.1. The molecule has 0 atom stereocenters. The number of allylic oxidation sites excluding steroid dienone is 1. The van der Waals surface area contributed by atoms with Gasteiger partial charge in [-0.05, 0) is 12.1 Å². The Morgan fingerprint density at radius 1 is 1.17 bits per heavy atom. The average Bonchev–Trinajstić information content (AvgIpc) is 3.10. The number of aromatic nitrogens is 1. The van der Waals surface area contributed by atoms with Gasteiger partial charge in [-0.15, -0.1) is 11.3 Å². The van der Waals surface area contributed by atoms with E-state index in [9.17, 15) is 15.4 Å². The first kappa shape index (κ1) is 15.6. The van der Waals surface area contributed by atoms with Gasteiger partial charge in [-0.3, -0.25) is 10.1 Å². The largest absolute Gasteiger partial charge is 0.276 e. The van der Waals surface area contributed by atoms with E-state index in [0.29, 0.717) is 16.1 Å². The normalized spacial score (nSPS) is 11.0. The van der Waals surface area contributed by atoms with Crippen LogP contribution in [0.3, 0.4) is 0 Å². The minimum absolute atomic E-state index is 0.0370. The molecule has 0 amide bonds. The fraction of sp³-hybridized carbons (Fsp3) is 0. The fourth-order valence-electron chi connectivity index (χ4n) is 2.21. The lowest BCUT2D eigenvalue weighted by atomic mass is 10.1. The monoisotopic (exact) mass is 333 g/mol. The molecule has 0 radical (unpaired) electrons. The van der Waals surface area contributed by atoms with E-state index in [2.05, 4.69) is 11.1 Å². The molecule has 0 N–H and O–H groups in total. The van der Waals surface area contributed by atoms with Crippen molar-refractivity contribution in [3.8, 4) is 17.3 Å². The summed E-state index contributed by atoms with van der Waals surface area (Å²) in [5, 5.41) is 22.9. The van der Waals surface area contributed by atoms with Crippen LogP contribution in [-0.4, -0.2) is 9.91 Å². The van der Waals surface area contributed by atoms with E-state index in [1.807, 2.05) is 35.7 Å². The number of nitrogens with zero attached hydrogens (tertiary/aromatic N) is 3. The van der Waals surface area contributed by atoms with Crippen molar-refractivity contribution < 1.29 is 4.92 Å². The van der Waals surface area contributed by atoms with Crippen molar-refractivity contribution in [3.63, 3.8) is 0 Å². The molecule has 0 aliphatic rings. The van der Waals surface area contributed by atoms with Crippen LogP contribution in [0.25, 0.3) is 22.9 Å². The van der Waals surface area contributed by atoms with E-state index in [1.54, 1.807) is 18.2 Å². The summed E-state index contributed by atoms with van der Waals surface area (Å²) in [5.41, 5.74) is 2.39. The smallest absolute Gasteiger partial charge is 0.258 e. The van der Waals surface area contributed by atoms with Crippen LogP contribution in [0.4, 0.5) is 5.69 Å². The minimum Gasteiger partial charge on any atom is -0.258 e. The van der Waals surface area contributed by atoms with Crippen LogP contribution < -0.4 is 0 Å². The van der Waals surface area contributed by atoms with Crippen LogP contribution in [-0.2, 0) is 0 Å². The predicted octanol–water partition coefficient (Wildman–Crippen LogP) is 4.78. The highest BCUT2D eigenvalue weighted by molar-refractivity contribution is 7.11. The molecule has 1 heterocycles. The molecule has 0 fully saturated rings. The molecule has 6 heteroatoms. The summed E-state index contributed by atoms with van der Waals surface area (Å²) >= 11 is 1.34. The molecule has 1 aromatic heterocycles. The molecular formula is C18H11N3O2S. The Bertz CT molecular complexity index is 956. The third-order valence-electron chi connectivity index (χ3n) is 3.36. The van der Waals surface area contributed by atoms with Crippen LogP contribution in [0.5, 0.6) is 0 Å². The van der Waals surface area contributed by atoms with Crippen LogP contribution in [0.2, 0.25) is 0 Å². The molecule has 5 nitrogen and oxygen atoms in total. The van der Waals surface area contributed by atoms with Gasteiger partial charge in [0.2, 0.25) is 0 Å². The number of nitro benzene ring substituents is 1. The molecule has 3 rings (SSSR count). The second-order valence-corrected chi connectivity index (χ2v) is 5.75. The van der Waals surface area contributed by atoms with E-state index in [-0.39, 0.29) is 5.69 Å². The number of thiazole rings is 1. The quantitative estimate of drug-likeness (QED) is 0.391. The van der Waals surface area contributed by atoms with Crippen LogP contribution in [0.1, 0.15) is 10.6 Å². The predicted molar refractivity (Wildman–Crippen MR) is 94.1 cm³/mol. The lowest BCUT2D eigenvalue weighted by Crippen LogP contribution is -1.91. The van der Waals surface area contributed by atoms with Crippen molar-refractivity contribution in [2.24, 2.45) is 0 Å². The molecule has 0 unspecified atom stereocenters. The van der Waals surface area contributed by atoms with Gasteiger partial charge in [0.25, 0.3) is 5.69 Å². The van der Waals surface area contributed by atoms with Gasteiger partial charge >= 0.3 is 0 Å². The maximum Gasteiger partial charge on any atom is 0.276 e. The number of benzene rings is 2. The second-order valence-electron chi connectivity index (χ2n) is 4.89. The summed E-state index contributed by atoms with van der Waals surface area (Å²) in [4.78, 5) is 15.1. The molecule has 3 aromatic rings. The molecule has 24 heavy (non-hydrogen) atoms. The van der Waals surface area contributed by atoms with Crippen molar-refractivity contribution in [1.29, 1.82) is 5.26 Å². The molecule has 116 valence electrons. The summed E-state index contributed by atoms with van der Waals surface area (Å²) in [5.74, 6) is 0. The molecule has 0 bridgehead atoms. The van der Waals surface area contributed by atoms with Crippen LogP contribution in [0, 0.1) is 21.4 Å². The van der Waals surface area contributed by atoms with E-state index in [0.717, 1.165) is 11.3 Å². The fourth-order valence-corrected chi connectivity index (χ4v) is 3.01. The average molecular weight is 333 g/mol. The highest BCUT2D eigenvalue weighted by atomic mass is 32.1. The minimum atomic E-state index is -0.460. The summed E-state index contributed by atoms with van der Waals surface area (Å²) in [7, 11) is 0. The molecule has 0 spiro atoms. The topological polar surface area (TPSA) is 79.8 Å². The lowest BCUT2D eigenvalue weighted by Gasteiger charge is -1.98. The molecule has 0 aliphatic heterocycles. The van der Waals surface area contributed by atoms with E-state index >= 15 is 0 Å². The van der Waals surface area contributed by atoms with Gasteiger partial charge in [0, 0.05) is 17.0 Å². The first-order valence-electron chi connectivity index (χ1n) is 7.05. The summed E-state index contributed by atoms with van der Waals surface area (Å²) in [6.07, 6.45) is 1.51. The zero-order chi connectivity index (χ0) is 16.9. The highest BCUT2D eigenvalue weighted by Crippen LogP contribution is 2.29. The molecule has 0 saturated heterocycles. The van der Waals surface area contributed by atoms with Gasteiger partial charge in [0.1, 0.15) is 11.1 Å². The summed E-state index contributed by atoms with van der Waals surface area (Å²) in [6.45, 7) is 0. The third kappa shape index (κ3) is 3.21. The van der Waals surface area contributed by atoms with Gasteiger partial charge < -0.3 is 0 Å². The van der Waals surface area contributed by atoms with E-state index in [1.165, 1.54) is 23.5 Å². The Kier molecular flexibility index (Phi) is 4.45. The van der Waals surface area contributed by atoms with Gasteiger partial charge in [0.05, 0.1) is 21.8 Å². The molecular weight excluding hydrogens is 322 g/mol.